The molecule has 0 aromatic carbocycles. The Morgan fingerprint density at radius 3 is 2.74 bits per heavy atom. The number of likely N-dealkylation sites (tertiary alicyclic amines) is 1. The topological polar surface area (TPSA) is 71.7 Å². The first kappa shape index (κ1) is 16.2. The zero-order chi connectivity index (χ0) is 16.6. The second kappa shape index (κ2) is 6.08. The lowest BCUT2D eigenvalue weighted by molar-refractivity contribution is -0.160. The van der Waals surface area contributed by atoms with Crippen LogP contribution in [0.15, 0.2) is 4.52 Å². The van der Waals surface area contributed by atoms with Gasteiger partial charge in [0.2, 0.25) is 11.8 Å². The second-order valence-corrected chi connectivity index (χ2v) is 5.69. The number of aromatic nitrogens is 2. The van der Waals surface area contributed by atoms with Crippen molar-refractivity contribution in [2.75, 3.05) is 32.8 Å². The summed E-state index contributed by atoms with van der Waals surface area (Å²) in [6.07, 6.45) is -4.04. The van der Waals surface area contributed by atoms with Crippen molar-refractivity contribution in [2.45, 2.75) is 31.6 Å². The number of rotatable bonds is 3. The van der Waals surface area contributed by atoms with E-state index in [4.69, 9.17) is 9.26 Å². The normalized spacial score (nSPS) is 27.0. The van der Waals surface area contributed by atoms with E-state index < -0.39 is 30.7 Å². The van der Waals surface area contributed by atoms with E-state index in [0.717, 1.165) is 4.90 Å². The van der Waals surface area contributed by atoms with Crippen molar-refractivity contribution in [3.05, 3.63) is 11.7 Å². The summed E-state index contributed by atoms with van der Waals surface area (Å²) < 4.78 is 48.2. The van der Waals surface area contributed by atoms with E-state index in [0.29, 0.717) is 31.3 Å². The van der Waals surface area contributed by atoms with Crippen molar-refractivity contribution >= 4 is 5.91 Å². The van der Waals surface area contributed by atoms with Crippen molar-refractivity contribution < 1.29 is 27.2 Å². The SMILES string of the molecule is Cc1noc(C2COCCN2C2CCN(CC(F)(F)F)C2=O)n1. The van der Waals surface area contributed by atoms with E-state index >= 15 is 0 Å². The number of nitrogens with zero attached hydrogens (tertiary/aromatic N) is 4. The molecule has 3 heterocycles. The zero-order valence-electron chi connectivity index (χ0n) is 12.5. The van der Waals surface area contributed by atoms with E-state index in [2.05, 4.69) is 10.1 Å². The predicted octanol–water partition coefficient (Wildman–Crippen LogP) is 0.915. The maximum Gasteiger partial charge on any atom is 0.406 e. The second-order valence-electron chi connectivity index (χ2n) is 5.69. The van der Waals surface area contributed by atoms with Crippen LogP contribution >= 0.6 is 0 Å². The third kappa shape index (κ3) is 3.47. The van der Waals surface area contributed by atoms with Crippen LogP contribution in [0, 0.1) is 6.92 Å². The third-order valence-electron chi connectivity index (χ3n) is 4.04. The first-order valence-electron chi connectivity index (χ1n) is 7.34. The number of carbonyl (C=O) groups excluding carboxylic acids is 1. The molecule has 3 rings (SSSR count). The van der Waals surface area contributed by atoms with E-state index in [-0.39, 0.29) is 13.2 Å². The number of alkyl halides is 3. The Bertz CT molecular complexity index is 577. The number of hydrogen-bond donors (Lipinski definition) is 0. The van der Waals surface area contributed by atoms with Crippen LogP contribution in [0.25, 0.3) is 0 Å². The summed E-state index contributed by atoms with van der Waals surface area (Å²) in [5.41, 5.74) is 0. The van der Waals surface area contributed by atoms with Gasteiger partial charge in [-0.3, -0.25) is 9.69 Å². The van der Waals surface area contributed by atoms with Crippen LogP contribution in [-0.2, 0) is 9.53 Å². The molecular formula is C13H17F3N4O3. The number of carbonyl (C=O) groups is 1. The summed E-state index contributed by atoms with van der Waals surface area (Å²) in [6, 6.07) is -1.02. The minimum Gasteiger partial charge on any atom is -0.378 e. The molecule has 7 nitrogen and oxygen atoms in total. The van der Waals surface area contributed by atoms with Crippen LogP contribution in [0.2, 0.25) is 0 Å². The van der Waals surface area contributed by atoms with Gasteiger partial charge in [-0.1, -0.05) is 5.16 Å². The van der Waals surface area contributed by atoms with Crippen molar-refractivity contribution in [1.82, 2.24) is 19.9 Å². The number of hydrogen-bond acceptors (Lipinski definition) is 6. The van der Waals surface area contributed by atoms with Crippen molar-refractivity contribution in [2.24, 2.45) is 0 Å². The molecule has 0 saturated carbocycles. The fraction of sp³-hybridized carbons (Fsp3) is 0.769. The maximum absolute atomic E-state index is 12.5. The van der Waals surface area contributed by atoms with Gasteiger partial charge < -0.3 is 14.2 Å². The minimum absolute atomic E-state index is 0.0932. The highest BCUT2D eigenvalue weighted by atomic mass is 19.4. The van der Waals surface area contributed by atoms with Gasteiger partial charge in [-0.15, -0.1) is 0 Å². The molecule has 0 N–H and O–H groups in total. The summed E-state index contributed by atoms with van der Waals surface area (Å²) in [7, 11) is 0. The van der Waals surface area contributed by atoms with Gasteiger partial charge in [0.05, 0.1) is 19.3 Å². The largest absolute Gasteiger partial charge is 0.406 e. The fourth-order valence-electron chi connectivity index (χ4n) is 3.05. The quantitative estimate of drug-likeness (QED) is 0.818. The molecule has 2 aliphatic heterocycles. The molecule has 0 bridgehead atoms. The fourth-order valence-corrected chi connectivity index (χ4v) is 3.05. The first-order chi connectivity index (χ1) is 10.8. The molecule has 2 atom stereocenters. The number of morpholine rings is 1. The Hall–Kier alpha value is -1.68. The summed E-state index contributed by atoms with van der Waals surface area (Å²) in [5, 5.41) is 3.72. The first-order valence-corrected chi connectivity index (χ1v) is 7.34. The Balaban J connectivity index is 1.75. The highest BCUT2D eigenvalue weighted by molar-refractivity contribution is 5.84. The van der Waals surface area contributed by atoms with E-state index in [1.165, 1.54) is 0 Å². The van der Waals surface area contributed by atoms with E-state index in [9.17, 15) is 18.0 Å². The smallest absolute Gasteiger partial charge is 0.378 e. The van der Waals surface area contributed by atoms with Crippen LogP contribution in [0.4, 0.5) is 13.2 Å². The molecule has 2 saturated heterocycles. The van der Waals surface area contributed by atoms with E-state index in [1.807, 2.05) is 4.90 Å². The lowest BCUT2D eigenvalue weighted by Gasteiger charge is -2.36. The molecule has 1 amide bonds. The van der Waals surface area contributed by atoms with Gasteiger partial charge in [-0.05, 0) is 13.3 Å². The molecule has 2 aliphatic rings. The van der Waals surface area contributed by atoms with Gasteiger partial charge in [0, 0.05) is 13.1 Å². The molecule has 0 radical (unpaired) electrons. The van der Waals surface area contributed by atoms with E-state index in [1.54, 1.807) is 6.92 Å². The molecule has 2 unspecified atom stereocenters. The van der Waals surface area contributed by atoms with Crippen LogP contribution in [0.1, 0.15) is 24.2 Å². The van der Waals surface area contributed by atoms with Gasteiger partial charge in [-0.25, -0.2) is 0 Å². The minimum atomic E-state index is -4.39. The maximum atomic E-state index is 12.5. The summed E-state index contributed by atoms with van der Waals surface area (Å²) >= 11 is 0. The summed E-state index contributed by atoms with van der Waals surface area (Å²) in [4.78, 5) is 19.2. The third-order valence-corrected chi connectivity index (χ3v) is 4.04. The number of ether oxygens (including phenoxy) is 1. The number of halogens is 3. The Morgan fingerprint density at radius 1 is 1.30 bits per heavy atom. The highest BCUT2D eigenvalue weighted by Crippen LogP contribution is 2.30. The Labute approximate surface area is 130 Å². The molecule has 2 fully saturated rings. The van der Waals surface area contributed by atoms with Crippen LogP contribution in [0.3, 0.4) is 0 Å². The van der Waals surface area contributed by atoms with Gasteiger partial charge in [-0.2, -0.15) is 18.2 Å². The monoisotopic (exact) mass is 334 g/mol. The average molecular weight is 334 g/mol. The molecule has 128 valence electrons. The zero-order valence-corrected chi connectivity index (χ0v) is 12.5. The molecule has 10 heteroatoms. The van der Waals surface area contributed by atoms with Crippen molar-refractivity contribution in [1.29, 1.82) is 0 Å². The standard InChI is InChI=1S/C13H17F3N4O3/c1-8-17-11(23-18-8)10-6-22-5-4-20(10)9-2-3-19(12(9)21)7-13(14,15)16/h9-10H,2-7H2,1H3. The predicted molar refractivity (Wildman–Crippen MR) is 70.3 cm³/mol. The van der Waals surface area contributed by atoms with Gasteiger partial charge in [0.15, 0.2) is 5.82 Å². The molecule has 0 spiro atoms. The van der Waals surface area contributed by atoms with Crippen LogP contribution in [-0.4, -0.2) is 70.9 Å². The lowest BCUT2D eigenvalue weighted by Crippen LogP contribution is -2.50. The Morgan fingerprint density at radius 2 is 2.09 bits per heavy atom. The average Bonchev–Trinajstić information content (AvgIpc) is 3.05. The van der Waals surface area contributed by atoms with Crippen LogP contribution < -0.4 is 0 Å². The highest BCUT2D eigenvalue weighted by Gasteiger charge is 2.45. The van der Waals surface area contributed by atoms with Crippen LogP contribution in [0.5, 0.6) is 0 Å². The Kier molecular flexibility index (Phi) is 4.28. The lowest BCUT2D eigenvalue weighted by atomic mass is 10.1. The van der Waals surface area contributed by atoms with Gasteiger partial charge >= 0.3 is 6.18 Å². The molecule has 23 heavy (non-hydrogen) atoms. The number of aryl methyl sites for hydroxylation is 1. The number of amides is 1. The van der Waals surface area contributed by atoms with Crippen molar-refractivity contribution in [3.63, 3.8) is 0 Å². The molecule has 1 aromatic rings. The van der Waals surface area contributed by atoms with Crippen molar-refractivity contribution in [3.8, 4) is 0 Å². The molecule has 0 aliphatic carbocycles. The van der Waals surface area contributed by atoms with Gasteiger partial charge in [0.25, 0.3) is 0 Å². The summed E-state index contributed by atoms with van der Waals surface area (Å²) in [5.74, 6) is 0.275. The molecule has 1 aromatic heterocycles. The molecular weight excluding hydrogens is 317 g/mol. The van der Waals surface area contributed by atoms with Gasteiger partial charge in [0.1, 0.15) is 12.6 Å². The summed E-state index contributed by atoms with van der Waals surface area (Å²) in [6.45, 7) is 1.67.